The molecule has 1 amide bonds. The number of hydrogen-bond donors (Lipinski definition) is 1. The van der Waals surface area contributed by atoms with Crippen LogP contribution in [0.25, 0.3) is 11.3 Å². The van der Waals surface area contributed by atoms with Crippen molar-refractivity contribution < 1.29 is 9.53 Å². The van der Waals surface area contributed by atoms with Gasteiger partial charge in [-0.05, 0) is 31.2 Å². The fourth-order valence-electron chi connectivity index (χ4n) is 3.90. The number of pyridine rings is 2. The van der Waals surface area contributed by atoms with Crippen LogP contribution in [0.3, 0.4) is 0 Å². The third-order valence-electron chi connectivity index (χ3n) is 5.47. The zero-order chi connectivity index (χ0) is 20.5. The first-order valence-electron chi connectivity index (χ1n) is 10.2. The monoisotopic (exact) mass is 404 g/mol. The SMILES string of the molecule is Cc1cccc2nc(CNCc3c(C(=O)N4CCOCC4)nc4ccccn34)cn12. The lowest BCUT2D eigenvalue weighted by Crippen LogP contribution is -2.41. The number of rotatable bonds is 5. The number of aromatic nitrogens is 4. The number of amides is 1. The molecule has 0 radical (unpaired) electrons. The van der Waals surface area contributed by atoms with Gasteiger partial charge in [0.15, 0.2) is 5.69 Å². The van der Waals surface area contributed by atoms with E-state index in [1.165, 1.54) is 0 Å². The molecule has 154 valence electrons. The lowest BCUT2D eigenvalue weighted by molar-refractivity contribution is 0.0298. The molecule has 5 heterocycles. The first kappa shape index (κ1) is 18.8. The molecule has 4 aromatic rings. The van der Waals surface area contributed by atoms with Crippen LogP contribution in [-0.2, 0) is 17.8 Å². The van der Waals surface area contributed by atoms with Crippen LogP contribution in [0.5, 0.6) is 0 Å². The minimum absolute atomic E-state index is 0.0397. The van der Waals surface area contributed by atoms with E-state index < -0.39 is 0 Å². The molecule has 0 aliphatic carbocycles. The third-order valence-corrected chi connectivity index (χ3v) is 5.47. The van der Waals surface area contributed by atoms with Crippen molar-refractivity contribution in [1.29, 1.82) is 0 Å². The summed E-state index contributed by atoms with van der Waals surface area (Å²) in [5, 5.41) is 3.44. The van der Waals surface area contributed by atoms with E-state index in [4.69, 9.17) is 4.74 Å². The maximum atomic E-state index is 13.1. The van der Waals surface area contributed by atoms with Crippen LogP contribution in [-0.4, -0.2) is 55.9 Å². The number of carbonyl (C=O) groups is 1. The summed E-state index contributed by atoms with van der Waals surface area (Å²) in [5.41, 5.74) is 5.17. The number of nitrogens with zero attached hydrogens (tertiary/aromatic N) is 5. The molecule has 4 aromatic heterocycles. The highest BCUT2D eigenvalue weighted by Gasteiger charge is 2.25. The Morgan fingerprint density at radius 3 is 2.67 bits per heavy atom. The number of morpholine rings is 1. The molecule has 0 unspecified atom stereocenters. The van der Waals surface area contributed by atoms with Gasteiger partial charge in [0.25, 0.3) is 5.91 Å². The van der Waals surface area contributed by atoms with E-state index in [1.54, 1.807) is 0 Å². The Kier molecular flexibility index (Phi) is 4.94. The van der Waals surface area contributed by atoms with E-state index in [-0.39, 0.29) is 5.91 Å². The van der Waals surface area contributed by atoms with E-state index in [2.05, 4.69) is 32.7 Å². The largest absolute Gasteiger partial charge is 0.378 e. The van der Waals surface area contributed by atoms with Crippen molar-refractivity contribution >= 4 is 17.2 Å². The summed E-state index contributed by atoms with van der Waals surface area (Å²) in [4.78, 5) is 24.3. The Morgan fingerprint density at radius 2 is 1.83 bits per heavy atom. The van der Waals surface area contributed by atoms with Crippen molar-refractivity contribution in [1.82, 2.24) is 29.0 Å². The van der Waals surface area contributed by atoms with E-state index >= 15 is 0 Å². The molecular weight excluding hydrogens is 380 g/mol. The van der Waals surface area contributed by atoms with E-state index in [0.29, 0.717) is 45.1 Å². The second-order valence-electron chi connectivity index (χ2n) is 7.47. The van der Waals surface area contributed by atoms with Gasteiger partial charge in [0.1, 0.15) is 11.3 Å². The Hall–Kier alpha value is -3.23. The highest BCUT2D eigenvalue weighted by Crippen LogP contribution is 2.16. The molecule has 0 spiro atoms. The predicted molar refractivity (Wildman–Crippen MR) is 112 cm³/mol. The van der Waals surface area contributed by atoms with Crippen LogP contribution < -0.4 is 5.32 Å². The van der Waals surface area contributed by atoms with Crippen molar-refractivity contribution in [2.75, 3.05) is 26.3 Å². The van der Waals surface area contributed by atoms with Gasteiger partial charge in [0.2, 0.25) is 0 Å². The van der Waals surface area contributed by atoms with Gasteiger partial charge in [-0.2, -0.15) is 0 Å². The number of imidazole rings is 2. The lowest BCUT2D eigenvalue weighted by Gasteiger charge is -2.26. The summed E-state index contributed by atoms with van der Waals surface area (Å²) in [7, 11) is 0. The first-order valence-corrected chi connectivity index (χ1v) is 10.2. The number of aryl methyl sites for hydroxylation is 1. The zero-order valence-corrected chi connectivity index (χ0v) is 16.9. The molecule has 1 fully saturated rings. The molecule has 0 saturated carbocycles. The van der Waals surface area contributed by atoms with Crippen LogP contribution in [0.4, 0.5) is 0 Å². The van der Waals surface area contributed by atoms with Crippen molar-refractivity contribution in [3.05, 3.63) is 71.6 Å². The minimum Gasteiger partial charge on any atom is -0.378 e. The molecule has 1 aliphatic heterocycles. The number of hydrogen-bond acceptors (Lipinski definition) is 5. The van der Waals surface area contributed by atoms with Crippen LogP contribution in [0.1, 0.15) is 27.6 Å². The topological polar surface area (TPSA) is 76.2 Å². The normalized spacial score (nSPS) is 14.6. The van der Waals surface area contributed by atoms with Gasteiger partial charge in [0, 0.05) is 44.3 Å². The number of ether oxygens (including phenoxy) is 1. The molecule has 8 heteroatoms. The molecule has 0 bridgehead atoms. The molecule has 5 rings (SSSR count). The summed E-state index contributed by atoms with van der Waals surface area (Å²) in [6.45, 7) is 5.52. The third kappa shape index (κ3) is 3.44. The van der Waals surface area contributed by atoms with Crippen LogP contribution in [0, 0.1) is 6.92 Å². The minimum atomic E-state index is -0.0397. The van der Waals surface area contributed by atoms with Crippen molar-refractivity contribution in [2.24, 2.45) is 0 Å². The highest BCUT2D eigenvalue weighted by molar-refractivity contribution is 5.94. The Morgan fingerprint density at radius 1 is 1.03 bits per heavy atom. The van der Waals surface area contributed by atoms with Gasteiger partial charge in [-0.1, -0.05) is 12.1 Å². The van der Waals surface area contributed by atoms with E-state index in [1.807, 2.05) is 52.0 Å². The molecule has 30 heavy (non-hydrogen) atoms. The Balaban J connectivity index is 1.38. The average molecular weight is 404 g/mol. The molecule has 1 saturated heterocycles. The van der Waals surface area contributed by atoms with Crippen molar-refractivity contribution in [2.45, 2.75) is 20.0 Å². The number of nitrogens with one attached hydrogen (secondary N) is 1. The second kappa shape index (κ2) is 7.89. The quantitative estimate of drug-likeness (QED) is 0.551. The highest BCUT2D eigenvalue weighted by atomic mass is 16.5. The molecule has 1 N–H and O–H groups in total. The summed E-state index contributed by atoms with van der Waals surface area (Å²) < 4.78 is 9.44. The fraction of sp³-hybridized carbons (Fsp3) is 0.318. The summed E-state index contributed by atoms with van der Waals surface area (Å²) in [6, 6.07) is 11.9. The average Bonchev–Trinajstić information content (AvgIpc) is 3.36. The molecule has 0 atom stereocenters. The summed E-state index contributed by atoms with van der Waals surface area (Å²) in [5.74, 6) is -0.0397. The number of carbonyl (C=O) groups excluding carboxylic acids is 1. The van der Waals surface area contributed by atoms with Crippen LogP contribution >= 0.6 is 0 Å². The molecule has 1 aliphatic rings. The Bertz CT molecular complexity index is 1210. The lowest BCUT2D eigenvalue weighted by atomic mass is 10.2. The number of fused-ring (bicyclic) bond motifs is 2. The van der Waals surface area contributed by atoms with Gasteiger partial charge in [-0.15, -0.1) is 0 Å². The maximum absolute atomic E-state index is 13.1. The smallest absolute Gasteiger partial charge is 0.274 e. The molecule has 0 aromatic carbocycles. The van der Waals surface area contributed by atoms with Gasteiger partial charge in [-0.25, -0.2) is 9.97 Å². The van der Waals surface area contributed by atoms with Gasteiger partial charge in [-0.3, -0.25) is 4.79 Å². The predicted octanol–water partition coefficient (Wildman–Crippen LogP) is 2.05. The molecular formula is C22H24N6O2. The fourth-order valence-corrected chi connectivity index (χ4v) is 3.90. The van der Waals surface area contributed by atoms with E-state index in [0.717, 1.165) is 28.4 Å². The standard InChI is InChI=1S/C22H24N6O2/c1-16-5-4-7-19-24-17(15-28(16)19)13-23-14-18-21(22(29)26-9-11-30-12-10-26)25-20-6-2-3-8-27(18)20/h2-8,15,23H,9-14H2,1H3. The first-order chi connectivity index (χ1) is 14.7. The van der Waals surface area contributed by atoms with Gasteiger partial charge < -0.3 is 23.8 Å². The zero-order valence-electron chi connectivity index (χ0n) is 16.9. The molecule has 8 nitrogen and oxygen atoms in total. The van der Waals surface area contributed by atoms with Crippen LogP contribution in [0.15, 0.2) is 48.8 Å². The summed E-state index contributed by atoms with van der Waals surface area (Å²) >= 11 is 0. The second-order valence-corrected chi connectivity index (χ2v) is 7.47. The van der Waals surface area contributed by atoms with Gasteiger partial charge >= 0.3 is 0 Å². The maximum Gasteiger partial charge on any atom is 0.274 e. The van der Waals surface area contributed by atoms with Crippen molar-refractivity contribution in [3.63, 3.8) is 0 Å². The van der Waals surface area contributed by atoms with Gasteiger partial charge in [0.05, 0.1) is 24.6 Å². The van der Waals surface area contributed by atoms with Crippen LogP contribution in [0.2, 0.25) is 0 Å². The van der Waals surface area contributed by atoms with Crippen molar-refractivity contribution in [3.8, 4) is 0 Å². The Labute approximate surface area is 174 Å². The summed E-state index contributed by atoms with van der Waals surface area (Å²) in [6.07, 6.45) is 4.00. The van der Waals surface area contributed by atoms with E-state index in [9.17, 15) is 4.79 Å².